The molecule has 2 aliphatic rings. The summed E-state index contributed by atoms with van der Waals surface area (Å²) in [6.07, 6.45) is 8.50. The van der Waals surface area contributed by atoms with Gasteiger partial charge in [-0.15, -0.1) is 0 Å². The van der Waals surface area contributed by atoms with E-state index in [4.69, 9.17) is 4.74 Å². The second-order valence-electron chi connectivity index (χ2n) is 5.63. The first-order valence-corrected chi connectivity index (χ1v) is 7.16. The third-order valence-electron chi connectivity index (χ3n) is 4.47. The molecule has 0 bridgehead atoms. The predicted octanol–water partition coefficient (Wildman–Crippen LogP) is 2.97. The smallest absolute Gasteiger partial charge is 0.0578 e. The number of hydrogen-bond donors (Lipinski definition) is 1. The average Bonchev–Trinajstić information content (AvgIpc) is 2.89. The third-order valence-corrected chi connectivity index (χ3v) is 4.47. The second-order valence-corrected chi connectivity index (χ2v) is 5.63. The summed E-state index contributed by atoms with van der Waals surface area (Å²) in [6.45, 7) is 6.86. The lowest BCUT2D eigenvalue weighted by molar-refractivity contribution is 0.0834. The molecule has 0 radical (unpaired) electrons. The minimum atomic E-state index is 0.581. The molecule has 0 spiro atoms. The minimum absolute atomic E-state index is 0.581. The van der Waals surface area contributed by atoms with E-state index in [1.54, 1.807) is 0 Å². The Morgan fingerprint density at radius 2 is 2.12 bits per heavy atom. The van der Waals surface area contributed by atoms with Gasteiger partial charge in [0.2, 0.25) is 0 Å². The van der Waals surface area contributed by atoms with Crippen LogP contribution in [0.3, 0.4) is 0 Å². The van der Waals surface area contributed by atoms with Gasteiger partial charge in [-0.1, -0.05) is 13.8 Å². The van der Waals surface area contributed by atoms with Gasteiger partial charge < -0.3 is 10.1 Å². The van der Waals surface area contributed by atoms with E-state index in [0.717, 1.165) is 24.5 Å². The van der Waals surface area contributed by atoms with Crippen molar-refractivity contribution in [1.29, 1.82) is 0 Å². The van der Waals surface area contributed by atoms with Crippen LogP contribution in [0.15, 0.2) is 0 Å². The Morgan fingerprint density at radius 3 is 2.81 bits per heavy atom. The lowest BCUT2D eigenvalue weighted by atomic mass is 9.90. The third kappa shape index (κ3) is 2.98. The molecule has 94 valence electrons. The van der Waals surface area contributed by atoms with Crippen LogP contribution in [0, 0.1) is 11.8 Å². The molecule has 2 nitrogen and oxygen atoms in total. The fourth-order valence-electron chi connectivity index (χ4n) is 3.37. The summed E-state index contributed by atoms with van der Waals surface area (Å²) in [5.41, 5.74) is 0. The fraction of sp³-hybridized carbons (Fsp3) is 1.00. The van der Waals surface area contributed by atoms with Crippen molar-refractivity contribution in [2.24, 2.45) is 11.8 Å². The van der Waals surface area contributed by atoms with Gasteiger partial charge in [-0.3, -0.25) is 0 Å². The van der Waals surface area contributed by atoms with Crippen molar-refractivity contribution in [3.63, 3.8) is 0 Å². The Morgan fingerprint density at radius 1 is 1.25 bits per heavy atom. The largest absolute Gasteiger partial charge is 0.378 e. The van der Waals surface area contributed by atoms with Gasteiger partial charge in [0.25, 0.3) is 0 Å². The molecule has 0 aromatic rings. The van der Waals surface area contributed by atoms with Crippen LogP contribution in [0.5, 0.6) is 0 Å². The summed E-state index contributed by atoms with van der Waals surface area (Å²) < 4.78 is 5.76. The zero-order valence-electron chi connectivity index (χ0n) is 10.9. The van der Waals surface area contributed by atoms with Crippen LogP contribution in [-0.4, -0.2) is 25.3 Å². The topological polar surface area (TPSA) is 21.3 Å². The molecule has 0 aromatic heterocycles. The van der Waals surface area contributed by atoms with Crippen molar-refractivity contribution < 1.29 is 4.74 Å². The molecule has 16 heavy (non-hydrogen) atoms. The molecule has 1 aliphatic heterocycles. The van der Waals surface area contributed by atoms with Gasteiger partial charge >= 0.3 is 0 Å². The van der Waals surface area contributed by atoms with E-state index in [-0.39, 0.29) is 0 Å². The molecule has 4 atom stereocenters. The molecule has 4 unspecified atom stereocenters. The molecule has 2 fully saturated rings. The molecular weight excluding hydrogens is 198 g/mol. The zero-order chi connectivity index (χ0) is 11.4. The molecule has 2 rings (SSSR count). The Hall–Kier alpha value is -0.0800. The molecule has 1 saturated heterocycles. The second kappa shape index (κ2) is 6.02. The summed E-state index contributed by atoms with van der Waals surface area (Å²) in [6, 6.07) is 0.770. The standard InChI is InChI=1S/C14H27NO/c1-3-8-15-14-7-6-12(11(14)2)10-13-5-4-9-16-13/h11-15H,3-10H2,1-2H3. The van der Waals surface area contributed by atoms with Gasteiger partial charge in [0.05, 0.1) is 6.10 Å². The highest BCUT2D eigenvalue weighted by atomic mass is 16.5. The quantitative estimate of drug-likeness (QED) is 0.776. The van der Waals surface area contributed by atoms with E-state index < -0.39 is 0 Å². The maximum Gasteiger partial charge on any atom is 0.0578 e. The van der Waals surface area contributed by atoms with Crippen LogP contribution in [0.25, 0.3) is 0 Å². The van der Waals surface area contributed by atoms with E-state index in [1.807, 2.05) is 0 Å². The van der Waals surface area contributed by atoms with Crippen molar-refractivity contribution in [2.45, 2.75) is 64.5 Å². The number of hydrogen-bond acceptors (Lipinski definition) is 2. The summed E-state index contributed by atoms with van der Waals surface area (Å²) in [7, 11) is 0. The van der Waals surface area contributed by atoms with E-state index in [9.17, 15) is 0 Å². The van der Waals surface area contributed by atoms with Crippen molar-refractivity contribution in [3.8, 4) is 0 Å². The molecular formula is C14H27NO. The lowest BCUT2D eigenvalue weighted by Crippen LogP contribution is -2.33. The minimum Gasteiger partial charge on any atom is -0.378 e. The predicted molar refractivity (Wildman–Crippen MR) is 67.6 cm³/mol. The summed E-state index contributed by atoms with van der Waals surface area (Å²) in [4.78, 5) is 0. The SMILES string of the molecule is CCCNC1CCC(CC2CCCO2)C1C. The van der Waals surface area contributed by atoms with Gasteiger partial charge in [-0.25, -0.2) is 0 Å². The highest BCUT2D eigenvalue weighted by Crippen LogP contribution is 2.36. The van der Waals surface area contributed by atoms with Crippen LogP contribution >= 0.6 is 0 Å². The highest BCUT2D eigenvalue weighted by Gasteiger charge is 2.34. The Balaban J connectivity index is 1.74. The Bertz CT molecular complexity index is 201. The number of ether oxygens (including phenoxy) is 1. The van der Waals surface area contributed by atoms with Crippen LogP contribution in [0.2, 0.25) is 0 Å². The van der Waals surface area contributed by atoms with E-state index >= 15 is 0 Å². The number of rotatable bonds is 5. The van der Waals surface area contributed by atoms with Crippen molar-refractivity contribution in [1.82, 2.24) is 5.32 Å². The Kier molecular flexibility index (Phi) is 4.66. The van der Waals surface area contributed by atoms with Crippen molar-refractivity contribution >= 4 is 0 Å². The fourth-order valence-corrected chi connectivity index (χ4v) is 3.37. The molecule has 1 aliphatic carbocycles. The maximum atomic E-state index is 5.76. The Labute approximate surface area is 100 Å². The van der Waals surface area contributed by atoms with E-state index in [2.05, 4.69) is 19.2 Å². The van der Waals surface area contributed by atoms with Crippen molar-refractivity contribution in [3.05, 3.63) is 0 Å². The highest BCUT2D eigenvalue weighted by molar-refractivity contribution is 4.88. The molecule has 2 heteroatoms. The van der Waals surface area contributed by atoms with Gasteiger partial charge in [0, 0.05) is 12.6 Å². The maximum absolute atomic E-state index is 5.76. The summed E-state index contributed by atoms with van der Waals surface area (Å²) in [5.74, 6) is 1.74. The van der Waals surface area contributed by atoms with Gasteiger partial charge in [0.15, 0.2) is 0 Å². The first-order valence-electron chi connectivity index (χ1n) is 7.16. The summed E-state index contributed by atoms with van der Waals surface area (Å²) >= 11 is 0. The van der Waals surface area contributed by atoms with Crippen LogP contribution in [0.4, 0.5) is 0 Å². The molecule has 1 saturated carbocycles. The normalized spacial score (nSPS) is 39.4. The van der Waals surface area contributed by atoms with Crippen LogP contribution < -0.4 is 5.32 Å². The zero-order valence-corrected chi connectivity index (χ0v) is 10.9. The summed E-state index contributed by atoms with van der Waals surface area (Å²) in [5, 5.41) is 3.70. The molecule has 1 heterocycles. The lowest BCUT2D eigenvalue weighted by Gasteiger charge is -2.23. The van der Waals surface area contributed by atoms with Crippen molar-refractivity contribution in [2.75, 3.05) is 13.2 Å². The van der Waals surface area contributed by atoms with Gasteiger partial charge in [-0.05, 0) is 56.9 Å². The van der Waals surface area contributed by atoms with Crippen LogP contribution in [-0.2, 0) is 4.74 Å². The average molecular weight is 225 g/mol. The first-order chi connectivity index (χ1) is 7.81. The molecule has 0 aromatic carbocycles. The van der Waals surface area contributed by atoms with Gasteiger partial charge in [0.1, 0.15) is 0 Å². The van der Waals surface area contributed by atoms with Gasteiger partial charge in [-0.2, -0.15) is 0 Å². The monoisotopic (exact) mass is 225 g/mol. The van der Waals surface area contributed by atoms with Crippen LogP contribution in [0.1, 0.15) is 52.4 Å². The molecule has 1 N–H and O–H groups in total. The molecule has 0 amide bonds. The first kappa shape index (κ1) is 12.4. The van der Waals surface area contributed by atoms with E-state index in [0.29, 0.717) is 6.10 Å². The number of nitrogens with one attached hydrogen (secondary N) is 1. The van der Waals surface area contributed by atoms with E-state index in [1.165, 1.54) is 45.1 Å².